The summed E-state index contributed by atoms with van der Waals surface area (Å²) in [6, 6.07) is 4.67. The fraction of sp³-hybridized carbons (Fsp3) is 0.286. The van der Waals surface area contributed by atoms with Crippen LogP contribution in [0.5, 0.6) is 0 Å². The Morgan fingerprint density at radius 2 is 2.32 bits per heavy atom. The number of hydrogen-bond donors (Lipinski definition) is 0. The molecule has 1 aromatic rings. The Morgan fingerprint density at radius 3 is 2.89 bits per heavy atom. The van der Waals surface area contributed by atoms with Crippen LogP contribution in [0.1, 0.15) is 16.8 Å². The summed E-state index contributed by atoms with van der Waals surface area (Å²) in [6.07, 6.45) is 5.64. The minimum absolute atomic E-state index is 0.0909. The Balaban J connectivity index is 2.37. The molecule has 1 atom stereocenters. The van der Waals surface area contributed by atoms with Gasteiger partial charge in [-0.2, -0.15) is 0 Å². The van der Waals surface area contributed by atoms with Crippen molar-refractivity contribution in [1.29, 1.82) is 0 Å². The number of methoxy groups -OCH3 is 1. The van der Waals surface area contributed by atoms with Crippen LogP contribution in [0, 0.1) is 18.3 Å². The lowest BCUT2D eigenvalue weighted by molar-refractivity contribution is -0.117. The molecule has 0 spiro atoms. The van der Waals surface area contributed by atoms with Crippen molar-refractivity contribution in [1.82, 2.24) is 0 Å². The topological polar surface area (TPSA) is 46.6 Å². The molecule has 0 aliphatic carbocycles. The van der Waals surface area contributed by atoms with Crippen LogP contribution in [0.4, 0.5) is 5.69 Å². The predicted octanol–water partition coefficient (Wildman–Crippen LogP) is 2.11. The van der Waals surface area contributed by atoms with Crippen molar-refractivity contribution in [3.63, 3.8) is 0 Å². The molecule has 1 heterocycles. The lowest BCUT2D eigenvalue weighted by Crippen LogP contribution is -2.25. The molecule has 1 unspecified atom stereocenters. The summed E-state index contributed by atoms with van der Waals surface area (Å²) in [4.78, 5) is 24.9. The van der Waals surface area contributed by atoms with E-state index in [-0.39, 0.29) is 11.8 Å². The van der Waals surface area contributed by atoms with Gasteiger partial charge in [0.1, 0.15) is 0 Å². The molecule has 98 valence electrons. The van der Waals surface area contributed by atoms with Crippen molar-refractivity contribution < 1.29 is 14.3 Å². The molecule has 0 N–H and O–H groups in total. The van der Waals surface area contributed by atoms with E-state index in [1.54, 1.807) is 18.2 Å². The van der Waals surface area contributed by atoms with Crippen LogP contribution >= 0.6 is 11.6 Å². The summed E-state index contributed by atoms with van der Waals surface area (Å²) >= 11 is 6.08. The van der Waals surface area contributed by atoms with E-state index in [9.17, 15) is 9.59 Å². The maximum absolute atomic E-state index is 11.9. The molecule has 0 radical (unpaired) electrons. The number of anilines is 1. The zero-order valence-electron chi connectivity index (χ0n) is 10.4. The van der Waals surface area contributed by atoms with Gasteiger partial charge in [0.25, 0.3) is 0 Å². The van der Waals surface area contributed by atoms with Gasteiger partial charge < -0.3 is 9.64 Å². The van der Waals surface area contributed by atoms with Gasteiger partial charge in [0, 0.05) is 18.9 Å². The number of carbonyl (C=O) groups is 2. The van der Waals surface area contributed by atoms with Crippen molar-refractivity contribution in [3.05, 3.63) is 28.8 Å². The monoisotopic (exact) mass is 277 g/mol. The standard InChI is InChI=1S/C14H12ClNO3/c1-3-9-6-13(17)16(8-9)12-7-10(14(18)19-2)4-5-11(12)15/h1,4-5,7,9H,6,8H2,2H3. The zero-order valence-corrected chi connectivity index (χ0v) is 11.1. The average Bonchev–Trinajstić information content (AvgIpc) is 2.79. The van der Waals surface area contributed by atoms with Crippen LogP contribution in [-0.4, -0.2) is 25.5 Å². The third-order valence-corrected chi connectivity index (χ3v) is 3.34. The normalized spacial score (nSPS) is 18.3. The van der Waals surface area contributed by atoms with E-state index in [1.807, 2.05) is 0 Å². The van der Waals surface area contributed by atoms with Crippen molar-refractivity contribution in [3.8, 4) is 12.3 Å². The third-order valence-electron chi connectivity index (χ3n) is 3.02. The quantitative estimate of drug-likeness (QED) is 0.614. The summed E-state index contributed by atoms with van der Waals surface area (Å²) in [5.41, 5.74) is 0.839. The molecule has 1 aliphatic rings. The molecule has 0 aromatic heterocycles. The summed E-state index contributed by atoms with van der Waals surface area (Å²) in [7, 11) is 1.30. The molecule has 1 fully saturated rings. The molecule has 4 nitrogen and oxygen atoms in total. The van der Waals surface area contributed by atoms with E-state index in [0.29, 0.717) is 29.2 Å². The first-order valence-electron chi connectivity index (χ1n) is 5.71. The van der Waals surface area contributed by atoms with Crippen LogP contribution in [0.25, 0.3) is 0 Å². The maximum atomic E-state index is 11.9. The first-order valence-corrected chi connectivity index (χ1v) is 6.09. The second-order valence-electron chi connectivity index (χ2n) is 4.23. The predicted molar refractivity (Wildman–Crippen MR) is 72.1 cm³/mol. The summed E-state index contributed by atoms with van der Waals surface area (Å²) in [5.74, 6) is 1.88. The fourth-order valence-corrected chi connectivity index (χ4v) is 2.24. The molecule has 5 heteroatoms. The van der Waals surface area contributed by atoms with Gasteiger partial charge in [-0.1, -0.05) is 11.6 Å². The minimum atomic E-state index is -0.474. The molecule has 1 aliphatic heterocycles. The van der Waals surface area contributed by atoms with Crippen molar-refractivity contribution in [2.24, 2.45) is 5.92 Å². The van der Waals surface area contributed by atoms with E-state index in [0.717, 1.165) is 0 Å². The number of halogens is 1. The van der Waals surface area contributed by atoms with E-state index in [1.165, 1.54) is 12.0 Å². The van der Waals surface area contributed by atoms with Gasteiger partial charge in [-0.05, 0) is 18.2 Å². The third kappa shape index (κ3) is 2.56. The van der Waals surface area contributed by atoms with E-state index < -0.39 is 5.97 Å². The molecular formula is C14H12ClNO3. The Hall–Kier alpha value is -1.99. The van der Waals surface area contributed by atoms with Gasteiger partial charge in [0.2, 0.25) is 5.91 Å². The molecule has 1 saturated heterocycles. The van der Waals surface area contributed by atoms with Crippen LogP contribution in [-0.2, 0) is 9.53 Å². The molecular weight excluding hydrogens is 266 g/mol. The van der Waals surface area contributed by atoms with Crippen LogP contribution in [0.15, 0.2) is 18.2 Å². The molecule has 19 heavy (non-hydrogen) atoms. The zero-order chi connectivity index (χ0) is 14.0. The van der Waals surface area contributed by atoms with Crippen molar-refractivity contribution in [2.75, 3.05) is 18.6 Å². The van der Waals surface area contributed by atoms with Gasteiger partial charge in [0.05, 0.1) is 23.4 Å². The molecule has 2 rings (SSSR count). The Morgan fingerprint density at radius 1 is 1.58 bits per heavy atom. The van der Waals surface area contributed by atoms with E-state index >= 15 is 0 Å². The van der Waals surface area contributed by atoms with Crippen LogP contribution in [0.3, 0.4) is 0 Å². The highest BCUT2D eigenvalue weighted by molar-refractivity contribution is 6.34. The van der Waals surface area contributed by atoms with Gasteiger partial charge in [-0.3, -0.25) is 4.79 Å². The molecule has 1 aromatic carbocycles. The highest BCUT2D eigenvalue weighted by Crippen LogP contribution is 2.32. The van der Waals surface area contributed by atoms with Crippen LogP contribution < -0.4 is 4.90 Å². The van der Waals surface area contributed by atoms with Gasteiger partial charge in [-0.25, -0.2) is 4.79 Å². The number of carbonyl (C=O) groups excluding carboxylic acids is 2. The number of rotatable bonds is 2. The second-order valence-corrected chi connectivity index (χ2v) is 4.64. The van der Waals surface area contributed by atoms with Crippen molar-refractivity contribution in [2.45, 2.75) is 6.42 Å². The highest BCUT2D eigenvalue weighted by Gasteiger charge is 2.31. The molecule has 0 saturated carbocycles. The van der Waals surface area contributed by atoms with Crippen molar-refractivity contribution >= 4 is 29.2 Å². The number of benzene rings is 1. The highest BCUT2D eigenvalue weighted by atomic mass is 35.5. The first-order chi connectivity index (χ1) is 9.06. The second kappa shape index (κ2) is 5.33. The maximum Gasteiger partial charge on any atom is 0.337 e. The number of esters is 1. The van der Waals surface area contributed by atoms with E-state index in [2.05, 4.69) is 10.7 Å². The Kier molecular flexibility index (Phi) is 3.77. The number of amides is 1. The van der Waals surface area contributed by atoms with Gasteiger partial charge in [0.15, 0.2) is 0 Å². The van der Waals surface area contributed by atoms with Gasteiger partial charge in [-0.15, -0.1) is 12.3 Å². The van der Waals surface area contributed by atoms with E-state index in [4.69, 9.17) is 18.0 Å². The Bertz CT molecular complexity index is 577. The molecule has 1 amide bonds. The Labute approximate surface area is 116 Å². The van der Waals surface area contributed by atoms with Gasteiger partial charge >= 0.3 is 5.97 Å². The lowest BCUT2D eigenvalue weighted by Gasteiger charge is -2.18. The smallest absolute Gasteiger partial charge is 0.337 e. The fourth-order valence-electron chi connectivity index (χ4n) is 2.02. The average molecular weight is 278 g/mol. The number of nitrogens with zero attached hydrogens (tertiary/aromatic N) is 1. The lowest BCUT2D eigenvalue weighted by atomic mass is 10.1. The first kappa shape index (κ1) is 13.4. The number of terminal acetylenes is 1. The minimum Gasteiger partial charge on any atom is -0.465 e. The summed E-state index contributed by atoms with van der Waals surface area (Å²) in [5, 5.41) is 0.402. The summed E-state index contributed by atoms with van der Waals surface area (Å²) < 4.78 is 4.65. The largest absolute Gasteiger partial charge is 0.465 e. The number of ether oxygens (including phenoxy) is 1. The number of hydrogen-bond acceptors (Lipinski definition) is 3. The SMILES string of the molecule is C#CC1CC(=O)N(c2cc(C(=O)OC)ccc2Cl)C1. The van der Waals surface area contributed by atoms with Crippen LogP contribution in [0.2, 0.25) is 5.02 Å². The molecule has 0 bridgehead atoms. The summed E-state index contributed by atoms with van der Waals surface area (Å²) in [6.45, 7) is 0.416.